The molecule has 1 amide bonds. The predicted octanol–water partition coefficient (Wildman–Crippen LogP) is 3.52. The van der Waals surface area contributed by atoms with Gasteiger partial charge in [-0.1, -0.05) is 30.3 Å². The fourth-order valence-corrected chi connectivity index (χ4v) is 3.73. The first-order chi connectivity index (χ1) is 13.6. The van der Waals surface area contributed by atoms with Crippen LogP contribution in [0.1, 0.15) is 23.9 Å². The number of hydrogen-bond donors (Lipinski definition) is 0. The maximum absolute atomic E-state index is 12.9. The van der Waals surface area contributed by atoms with Crippen LogP contribution in [0.4, 0.5) is 0 Å². The molecule has 1 fully saturated rings. The molecule has 0 spiro atoms. The van der Waals surface area contributed by atoms with Crippen LogP contribution in [0.5, 0.6) is 0 Å². The van der Waals surface area contributed by atoms with Crippen LogP contribution in [-0.4, -0.2) is 46.4 Å². The van der Waals surface area contributed by atoms with Crippen molar-refractivity contribution in [2.75, 3.05) is 19.6 Å². The minimum atomic E-state index is 0.0919. The van der Waals surface area contributed by atoms with E-state index >= 15 is 0 Å². The van der Waals surface area contributed by atoms with Gasteiger partial charge in [-0.05, 0) is 31.5 Å². The first-order valence-electron chi connectivity index (χ1n) is 9.66. The zero-order valence-corrected chi connectivity index (χ0v) is 16.3. The predicted molar refractivity (Wildman–Crippen MR) is 106 cm³/mol. The second-order valence-electron chi connectivity index (χ2n) is 7.33. The third-order valence-corrected chi connectivity index (χ3v) is 5.22. The van der Waals surface area contributed by atoms with Gasteiger partial charge < -0.3 is 13.7 Å². The molecular weight excluding hydrogens is 354 g/mol. The number of nitrogens with zero attached hydrogens (tertiary/aromatic N) is 3. The maximum Gasteiger partial charge on any atom is 0.263 e. The van der Waals surface area contributed by atoms with Gasteiger partial charge in [-0.15, -0.1) is 0 Å². The molecule has 3 aromatic rings. The molecule has 6 heteroatoms. The second-order valence-corrected chi connectivity index (χ2v) is 7.33. The molecule has 0 saturated carbocycles. The number of furan rings is 1. The Kier molecular flexibility index (Phi) is 5.30. The number of carbonyl (C=O) groups is 1. The van der Waals surface area contributed by atoms with E-state index in [0.29, 0.717) is 23.1 Å². The Hall–Kier alpha value is -2.86. The molecule has 28 heavy (non-hydrogen) atoms. The molecule has 0 bridgehead atoms. The van der Waals surface area contributed by atoms with E-state index in [0.717, 1.165) is 26.2 Å². The summed E-state index contributed by atoms with van der Waals surface area (Å²) in [5, 5.41) is 0. The van der Waals surface area contributed by atoms with Crippen molar-refractivity contribution in [1.82, 2.24) is 14.8 Å². The Labute approximate surface area is 164 Å². The van der Waals surface area contributed by atoms with Gasteiger partial charge in [0.15, 0.2) is 5.76 Å². The summed E-state index contributed by atoms with van der Waals surface area (Å²) < 4.78 is 11.0. The summed E-state index contributed by atoms with van der Waals surface area (Å²) in [5.41, 5.74) is 1.98. The first-order valence-corrected chi connectivity index (χ1v) is 9.66. The molecule has 1 aliphatic heterocycles. The average molecular weight is 379 g/mol. The highest BCUT2D eigenvalue weighted by molar-refractivity contribution is 5.79. The largest absolute Gasteiger partial charge is 0.459 e. The third-order valence-electron chi connectivity index (χ3n) is 5.22. The number of carbonyl (C=O) groups excluding carboxylic acids is 1. The van der Waals surface area contributed by atoms with E-state index in [1.165, 1.54) is 5.56 Å². The fourth-order valence-electron chi connectivity index (χ4n) is 3.73. The van der Waals surface area contributed by atoms with Crippen LogP contribution in [0.15, 0.2) is 57.6 Å². The van der Waals surface area contributed by atoms with Crippen molar-refractivity contribution < 1.29 is 13.6 Å². The standard InChI is InChI=1S/C22H25N3O3/c1-16-14-24(15-18-7-4-3-5-8-18)10-11-25(16)21(26)13-19-17(2)28-22(23-19)20-9-6-12-27-20/h3-9,12,16H,10-11,13-15H2,1-2H3/t16-/m1/s1. The lowest BCUT2D eigenvalue weighted by molar-refractivity contribution is -0.135. The van der Waals surface area contributed by atoms with Crippen molar-refractivity contribution in [2.24, 2.45) is 0 Å². The number of oxazole rings is 1. The Morgan fingerprint density at radius 2 is 2.00 bits per heavy atom. The van der Waals surface area contributed by atoms with E-state index in [1.807, 2.05) is 17.9 Å². The molecular formula is C22H25N3O3. The van der Waals surface area contributed by atoms with Crippen molar-refractivity contribution in [1.29, 1.82) is 0 Å². The van der Waals surface area contributed by atoms with E-state index < -0.39 is 0 Å². The minimum Gasteiger partial charge on any atom is -0.459 e. The lowest BCUT2D eigenvalue weighted by Crippen LogP contribution is -2.54. The van der Waals surface area contributed by atoms with Crippen LogP contribution in [0.3, 0.4) is 0 Å². The zero-order chi connectivity index (χ0) is 19.5. The van der Waals surface area contributed by atoms with E-state index in [1.54, 1.807) is 18.4 Å². The average Bonchev–Trinajstić information content (AvgIpc) is 3.33. The van der Waals surface area contributed by atoms with Gasteiger partial charge in [-0.3, -0.25) is 9.69 Å². The fraction of sp³-hybridized carbons (Fsp3) is 0.364. The Morgan fingerprint density at radius 1 is 1.18 bits per heavy atom. The van der Waals surface area contributed by atoms with E-state index in [4.69, 9.17) is 8.83 Å². The van der Waals surface area contributed by atoms with Gasteiger partial charge in [-0.25, -0.2) is 4.98 Å². The lowest BCUT2D eigenvalue weighted by Gasteiger charge is -2.40. The first kappa shape index (κ1) is 18.5. The van der Waals surface area contributed by atoms with E-state index in [-0.39, 0.29) is 18.4 Å². The van der Waals surface area contributed by atoms with Crippen molar-refractivity contribution in [2.45, 2.75) is 32.9 Å². The summed E-state index contributed by atoms with van der Waals surface area (Å²) in [4.78, 5) is 21.7. The van der Waals surface area contributed by atoms with Crippen LogP contribution in [0.2, 0.25) is 0 Å². The summed E-state index contributed by atoms with van der Waals surface area (Å²) in [6, 6.07) is 14.2. The van der Waals surface area contributed by atoms with Gasteiger partial charge in [0, 0.05) is 32.2 Å². The van der Waals surface area contributed by atoms with Crippen molar-refractivity contribution in [3.05, 3.63) is 65.7 Å². The number of rotatable bonds is 5. The summed E-state index contributed by atoms with van der Waals surface area (Å²) in [6.45, 7) is 7.34. The summed E-state index contributed by atoms with van der Waals surface area (Å²) >= 11 is 0. The number of benzene rings is 1. The monoisotopic (exact) mass is 379 g/mol. The summed E-state index contributed by atoms with van der Waals surface area (Å²) in [7, 11) is 0. The van der Waals surface area contributed by atoms with Crippen molar-refractivity contribution in [3.8, 4) is 11.7 Å². The van der Waals surface area contributed by atoms with Gasteiger partial charge in [0.2, 0.25) is 5.91 Å². The summed E-state index contributed by atoms with van der Waals surface area (Å²) in [6.07, 6.45) is 1.83. The molecule has 146 valence electrons. The molecule has 4 rings (SSSR count). The van der Waals surface area contributed by atoms with E-state index in [2.05, 4.69) is 41.1 Å². The second kappa shape index (κ2) is 8.02. The zero-order valence-electron chi connectivity index (χ0n) is 16.3. The van der Waals surface area contributed by atoms with Gasteiger partial charge in [-0.2, -0.15) is 0 Å². The molecule has 0 N–H and O–H groups in total. The highest BCUT2D eigenvalue weighted by Crippen LogP contribution is 2.23. The quantitative estimate of drug-likeness (QED) is 0.679. The van der Waals surface area contributed by atoms with Crippen molar-refractivity contribution in [3.63, 3.8) is 0 Å². The molecule has 0 radical (unpaired) electrons. The maximum atomic E-state index is 12.9. The van der Waals surface area contributed by atoms with Crippen LogP contribution in [-0.2, 0) is 17.8 Å². The number of piperazine rings is 1. The molecule has 1 aliphatic rings. The minimum absolute atomic E-state index is 0.0919. The topological polar surface area (TPSA) is 62.7 Å². The molecule has 6 nitrogen and oxygen atoms in total. The normalized spacial score (nSPS) is 17.8. The van der Waals surface area contributed by atoms with Gasteiger partial charge in [0.25, 0.3) is 5.89 Å². The van der Waals surface area contributed by atoms with Crippen LogP contribution in [0.25, 0.3) is 11.7 Å². The molecule has 0 unspecified atom stereocenters. The Morgan fingerprint density at radius 3 is 2.71 bits per heavy atom. The van der Waals surface area contributed by atoms with Crippen LogP contribution in [0, 0.1) is 6.92 Å². The Balaban J connectivity index is 1.37. The molecule has 0 aliphatic carbocycles. The number of aromatic nitrogens is 1. The summed E-state index contributed by atoms with van der Waals surface area (Å²) in [5.74, 6) is 1.75. The smallest absolute Gasteiger partial charge is 0.263 e. The van der Waals surface area contributed by atoms with Crippen molar-refractivity contribution >= 4 is 5.91 Å². The molecule has 1 saturated heterocycles. The van der Waals surface area contributed by atoms with Crippen LogP contribution >= 0.6 is 0 Å². The number of hydrogen-bond acceptors (Lipinski definition) is 5. The van der Waals surface area contributed by atoms with Gasteiger partial charge in [0.1, 0.15) is 5.76 Å². The third kappa shape index (κ3) is 4.02. The number of aryl methyl sites for hydroxylation is 1. The molecule has 1 aromatic carbocycles. The van der Waals surface area contributed by atoms with Crippen LogP contribution < -0.4 is 0 Å². The highest BCUT2D eigenvalue weighted by atomic mass is 16.4. The SMILES string of the molecule is Cc1oc(-c2ccco2)nc1CC(=O)N1CCN(Cc2ccccc2)C[C@H]1C. The van der Waals surface area contributed by atoms with Gasteiger partial charge >= 0.3 is 0 Å². The highest BCUT2D eigenvalue weighted by Gasteiger charge is 2.28. The van der Waals surface area contributed by atoms with E-state index in [9.17, 15) is 4.79 Å². The molecule has 2 aromatic heterocycles. The molecule has 1 atom stereocenters. The van der Waals surface area contributed by atoms with Gasteiger partial charge in [0.05, 0.1) is 18.4 Å². The number of amides is 1. The molecule has 3 heterocycles. The lowest BCUT2D eigenvalue weighted by atomic mass is 10.1. The Bertz CT molecular complexity index is 918.